The number of hydroxylamine groups is 3. The van der Waals surface area contributed by atoms with E-state index in [1.165, 1.54) is 16.8 Å². The van der Waals surface area contributed by atoms with Crippen LogP contribution in [0, 0.1) is 12.1 Å². The van der Waals surface area contributed by atoms with E-state index in [-0.39, 0.29) is 6.04 Å². The Kier molecular flexibility index (Phi) is 7.13. The lowest BCUT2D eigenvalue weighted by molar-refractivity contribution is -0.818. The lowest BCUT2D eigenvalue weighted by atomic mass is 10.0. The molecule has 0 radical (unpaired) electrons. The Labute approximate surface area is 192 Å². The monoisotopic (exact) mass is 436 g/mol. The normalized spacial score (nSPS) is 24.0. The Morgan fingerprint density at radius 2 is 1.88 bits per heavy atom. The summed E-state index contributed by atoms with van der Waals surface area (Å²) in [7, 11) is 0. The first-order valence-corrected chi connectivity index (χ1v) is 12.0. The third-order valence-corrected chi connectivity index (χ3v) is 6.96. The number of nitrogens with one attached hydrogen (secondary N) is 1. The average molecular weight is 437 g/mol. The largest absolute Gasteiger partial charge is 0.623 e. The summed E-state index contributed by atoms with van der Waals surface area (Å²) in [6.07, 6.45) is 2.57. The molecule has 2 aromatic carbocycles. The summed E-state index contributed by atoms with van der Waals surface area (Å²) < 4.78 is -0.765. The summed E-state index contributed by atoms with van der Waals surface area (Å²) in [6, 6.07) is 16.5. The number of hydrogen-bond donors (Lipinski definition) is 1. The van der Waals surface area contributed by atoms with Crippen molar-refractivity contribution in [3.8, 4) is 0 Å². The summed E-state index contributed by atoms with van der Waals surface area (Å²) in [5.74, 6) is 0. The van der Waals surface area contributed by atoms with Gasteiger partial charge >= 0.3 is 6.03 Å². The Hall–Kier alpha value is -2.41. The predicted molar refractivity (Wildman–Crippen MR) is 130 cm³/mol. The molecule has 2 unspecified atom stereocenters. The fraction of sp³-hybridized carbons (Fsp3) is 0.500. The molecule has 2 amide bonds. The summed E-state index contributed by atoms with van der Waals surface area (Å²) in [4.78, 5) is 17.4. The standard InChI is InChI=1S/C26H36N4O2/c1-3-27-26(31)30(32)19-5-8-25(30)23-11-9-22(10-12-23)13-14-28-15-17-29(18-16-28)24-7-4-6-21(2)20-24/h4,6-7,9-12,20,25H,3,5,8,13-19H2,1-2H3,(H,27,31). The van der Waals surface area contributed by atoms with Gasteiger partial charge in [0.25, 0.3) is 0 Å². The van der Waals surface area contributed by atoms with Crippen LogP contribution in [0.2, 0.25) is 0 Å². The Morgan fingerprint density at radius 1 is 1.12 bits per heavy atom. The van der Waals surface area contributed by atoms with Crippen LogP contribution in [0.25, 0.3) is 0 Å². The van der Waals surface area contributed by atoms with Crippen LogP contribution in [0.5, 0.6) is 0 Å². The Morgan fingerprint density at radius 3 is 2.56 bits per heavy atom. The predicted octanol–water partition coefficient (Wildman–Crippen LogP) is 4.24. The lowest BCUT2D eigenvalue weighted by Gasteiger charge is -2.40. The van der Waals surface area contributed by atoms with Crippen molar-refractivity contribution in [1.29, 1.82) is 0 Å². The van der Waals surface area contributed by atoms with Gasteiger partial charge in [0.1, 0.15) is 6.04 Å². The van der Waals surface area contributed by atoms with Crippen LogP contribution in [0.3, 0.4) is 0 Å². The molecule has 4 rings (SSSR count). The molecule has 0 spiro atoms. The minimum Gasteiger partial charge on any atom is -0.623 e. The van der Waals surface area contributed by atoms with E-state index in [9.17, 15) is 10.0 Å². The molecule has 32 heavy (non-hydrogen) atoms. The molecular formula is C26H36N4O2. The van der Waals surface area contributed by atoms with Crippen molar-refractivity contribution in [3.05, 3.63) is 70.4 Å². The number of amides is 2. The first-order chi connectivity index (χ1) is 15.5. The zero-order chi connectivity index (χ0) is 22.6. The third-order valence-electron chi connectivity index (χ3n) is 6.96. The van der Waals surface area contributed by atoms with Crippen LogP contribution in [0.15, 0.2) is 48.5 Å². The quantitative estimate of drug-likeness (QED) is 0.544. The summed E-state index contributed by atoms with van der Waals surface area (Å²) in [6.45, 7) is 10.2. The molecule has 0 bridgehead atoms. The first kappa shape index (κ1) is 22.8. The SMILES string of the molecule is CCNC(=O)[N+]1([O-])CCCC1c1ccc(CCN2CCN(c3cccc(C)c3)CC2)cc1. The van der Waals surface area contributed by atoms with Crippen LogP contribution in [-0.2, 0) is 6.42 Å². The second-order valence-corrected chi connectivity index (χ2v) is 9.17. The van der Waals surface area contributed by atoms with E-state index in [1.54, 1.807) is 0 Å². The van der Waals surface area contributed by atoms with Gasteiger partial charge in [-0.25, -0.2) is 4.79 Å². The lowest BCUT2D eigenvalue weighted by Crippen LogP contribution is -2.52. The van der Waals surface area contributed by atoms with E-state index in [0.717, 1.165) is 57.5 Å². The van der Waals surface area contributed by atoms with E-state index in [2.05, 4.69) is 70.6 Å². The number of nitrogens with zero attached hydrogens (tertiary/aromatic N) is 3. The molecule has 2 fully saturated rings. The van der Waals surface area contributed by atoms with Gasteiger partial charge in [0.05, 0.1) is 6.54 Å². The molecule has 2 atom stereocenters. The highest BCUT2D eigenvalue weighted by Gasteiger charge is 2.41. The smallest absolute Gasteiger partial charge is 0.417 e. The number of urea groups is 1. The zero-order valence-corrected chi connectivity index (χ0v) is 19.4. The van der Waals surface area contributed by atoms with Crippen molar-refractivity contribution in [2.45, 2.75) is 39.2 Å². The van der Waals surface area contributed by atoms with Crippen LogP contribution < -0.4 is 10.2 Å². The molecule has 0 aromatic heterocycles. The molecule has 2 saturated heterocycles. The van der Waals surface area contributed by atoms with Crippen LogP contribution in [0.4, 0.5) is 10.5 Å². The fourth-order valence-corrected chi connectivity index (χ4v) is 5.07. The van der Waals surface area contributed by atoms with Gasteiger partial charge in [0, 0.05) is 63.4 Å². The number of anilines is 1. The maximum atomic E-state index is 13.2. The minimum absolute atomic E-state index is 0.287. The molecule has 0 saturated carbocycles. The first-order valence-electron chi connectivity index (χ1n) is 12.0. The van der Waals surface area contributed by atoms with E-state index < -0.39 is 10.7 Å². The highest BCUT2D eigenvalue weighted by molar-refractivity contribution is 5.67. The van der Waals surface area contributed by atoms with Gasteiger partial charge in [-0.1, -0.05) is 36.4 Å². The van der Waals surface area contributed by atoms with Crippen molar-refractivity contribution in [2.24, 2.45) is 0 Å². The molecule has 2 heterocycles. The number of piperazine rings is 1. The van der Waals surface area contributed by atoms with Crippen LogP contribution in [-0.4, -0.2) is 61.4 Å². The number of quaternary nitrogens is 1. The molecule has 2 aliphatic heterocycles. The van der Waals surface area contributed by atoms with Gasteiger partial charge in [-0.05, 0) is 43.5 Å². The Balaban J connectivity index is 1.29. The topological polar surface area (TPSA) is 58.6 Å². The number of benzene rings is 2. The summed E-state index contributed by atoms with van der Waals surface area (Å²) in [5.41, 5.74) is 4.91. The highest BCUT2D eigenvalue weighted by atomic mass is 16.6. The van der Waals surface area contributed by atoms with E-state index in [4.69, 9.17) is 0 Å². The van der Waals surface area contributed by atoms with Gasteiger partial charge in [0.15, 0.2) is 0 Å². The second-order valence-electron chi connectivity index (χ2n) is 9.17. The van der Waals surface area contributed by atoms with Crippen molar-refractivity contribution >= 4 is 11.7 Å². The van der Waals surface area contributed by atoms with Gasteiger partial charge in [-0.15, -0.1) is 0 Å². The highest BCUT2D eigenvalue weighted by Crippen LogP contribution is 2.38. The van der Waals surface area contributed by atoms with Crippen LogP contribution >= 0.6 is 0 Å². The van der Waals surface area contributed by atoms with Crippen molar-refractivity contribution in [2.75, 3.05) is 50.7 Å². The number of aryl methyl sites for hydroxylation is 1. The van der Waals surface area contributed by atoms with Crippen molar-refractivity contribution in [1.82, 2.24) is 10.2 Å². The number of likely N-dealkylation sites (tertiary alicyclic amines) is 1. The van der Waals surface area contributed by atoms with Gasteiger partial charge in [-0.2, -0.15) is 0 Å². The second kappa shape index (κ2) is 10.0. The average Bonchev–Trinajstić information content (AvgIpc) is 3.21. The molecule has 6 nitrogen and oxygen atoms in total. The number of carbonyl (C=O) groups is 1. The van der Waals surface area contributed by atoms with E-state index >= 15 is 0 Å². The van der Waals surface area contributed by atoms with Gasteiger partial charge in [0.2, 0.25) is 0 Å². The molecule has 0 aliphatic carbocycles. The Bertz CT molecular complexity index is 908. The molecule has 1 N–H and O–H groups in total. The van der Waals surface area contributed by atoms with E-state index in [1.807, 2.05) is 6.92 Å². The number of hydrogen-bond acceptors (Lipinski definition) is 4. The van der Waals surface area contributed by atoms with Gasteiger partial charge in [-0.3, -0.25) is 9.55 Å². The summed E-state index contributed by atoms with van der Waals surface area (Å²) >= 11 is 0. The molecular weight excluding hydrogens is 400 g/mol. The molecule has 2 aliphatic rings. The number of rotatable bonds is 6. The summed E-state index contributed by atoms with van der Waals surface area (Å²) in [5, 5.41) is 15.9. The van der Waals surface area contributed by atoms with E-state index in [0.29, 0.717) is 13.1 Å². The molecule has 2 aromatic rings. The zero-order valence-electron chi connectivity index (χ0n) is 19.4. The van der Waals surface area contributed by atoms with Crippen molar-refractivity contribution < 1.29 is 9.44 Å². The van der Waals surface area contributed by atoms with Gasteiger partial charge < -0.3 is 15.4 Å². The molecule has 6 heteroatoms. The van der Waals surface area contributed by atoms with Crippen molar-refractivity contribution in [3.63, 3.8) is 0 Å². The number of carbonyl (C=O) groups excluding carboxylic acids is 1. The minimum atomic E-state index is -0.765. The third kappa shape index (κ3) is 4.98. The maximum Gasteiger partial charge on any atom is 0.417 e. The van der Waals surface area contributed by atoms with Crippen LogP contribution in [0.1, 0.15) is 42.5 Å². The fourth-order valence-electron chi connectivity index (χ4n) is 5.07. The molecule has 172 valence electrons. The maximum absolute atomic E-state index is 13.2.